The Bertz CT molecular complexity index is 392. The number of rotatable bonds is 6. The molecule has 3 nitrogen and oxygen atoms in total. The van der Waals surface area contributed by atoms with E-state index in [1.807, 2.05) is 31.7 Å². The molecule has 1 saturated heterocycles. The van der Waals surface area contributed by atoms with Gasteiger partial charge in [-0.15, -0.1) is 0 Å². The summed E-state index contributed by atoms with van der Waals surface area (Å²) in [6.07, 6.45) is 2.48. The summed E-state index contributed by atoms with van der Waals surface area (Å²) in [5, 5.41) is 3.60. The van der Waals surface area contributed by atoms with Crippen molar-refractivity contribution < 1.29 is 9.47 Å². The van der Waals surface area contributed by atoms with E-state index in [4.69, 9.17) is 9.47 Å². The summed E-state index contributed by atoms with van der Waals surface area (Å²) in [5.74, 6) is 4.17. The van der Waals surface area contributed by atoms with Gasteiger partial charge < -0.3 is 14.8 Å². The normalized spacial score (nSPS) is 16.1. The maximum atomic E-state index is 5.65. The zero-order valence-electron chi connectivity index (χ0n) is 11.8. The second-order valence-corrected chi connectivity index (χ2v) is 5.78. The molecule has 2 rings (SSSR count). The standard InChI is InChI=1S/C15H23NO2S/c1-3-17-14-6-5-13(11-15(14)18-4-2)16-12-7-9-19-10-8-12/h5-6,11-12,16H,3-4,7-10H2,1-2H3. The summed E-state index contributed by atoms with van der Waals surface area (Å²) in [7, 11) is 0. The Hall–Kier alpha value is -1.03. The van der Waals surface area contributed by atoms with E-state index >= 15 is 0 Å². The number of ether oxygens (including phenoxy) is 2. The van der Waals surface area contributed by atoms with Gasteiger partial charge in [-0.05, 0) is 50.3 Å². The van der Waals surface area contributed by atoms with E-state index in [1.165, 1.54) is 24.3 Å². The first-order valence-corrected chi connectivity index (χ1v) is 8.23. The van der Waals surface area contributed by atoms with Gasteiger partial charge in [-0.3, -0.25) is 0 Å². The van der Waals surface area contributed by atoms with Gasteiger partial charge in [0.05, 0.1) is 13.2 Å². The van der Waals surface area contributed by atoms with Crippen molar-refractivity contribution in [3.63, 3.8) is 0 Å². The zero-order chi connectivity index (χ0) is 13.5. The molecular formula is C15H23NO2S. The number of hydrogen-bond donors (Lipinski definition) is 1. The van der Waals surface area contributed by atoms with Gasteiger partial charge in [0.1, 0.15) is 0 Å². The highest BCUT2D eigenvalue weighted by Crippen LogP contribution is 2.31. The molecule has 1 aromatic rings. The highest BCUT2D eigenvalue weighted by molar-refractivity contribution is 7.99. The first-order valence-electron chi connectivity index (χ1n) is 7.07. The summed E-state index contributed by atoms with van der Waals surface area (Å²) < 4.78 is 11.2. The van der Waals surface area contributed by atoms with Crippen LogP contribution in [0.1, 0.15) is 26.7 Å². The van der Waals surface area contributed by atoms with Crippen molar-refractivity contribution in [2.75, 3.05) is 30.0 Å². The molecule has 4 heteroatoms. The zero-order valence-corrected chi connectivity index (χ0v) is 12.6. The number of hydrogen-bond acceptors (Lipinski definition) is 4. The second-order valence-electron chi connectivity index (χ2n) is 4.56. The van der Waals surface area contributed by atoms with Gasteiger partial charge in [-0.1, -0.05) is 0 Å². The van der Waals surface area contributed by atoms with Gasteiger partial charge in [0.15, 0.2) is 11.5 Å². The lowest BCUT2D eigenvalue weighted by molar-refractivity contribution is 0.288. The lowest BCUT2D eigenvalue weighted by Gasteiger charge is -2.24. The van der Waals surface area contributed by atoms with Crippen LogP contribution in [0.3, 0.4) is 0 Å². The number of nitrogens with one attached hydrogen (secondary N) is 1. The molecule has 0 atom stereocenters. The molecule has 0 radical (unpaired) electrons. The first kappa shape index (κ1) is 14.4. The topological polar surface area (TPSA) is 30.5 Å². The molecule has 0 bridgehead atoms. The minimum absolute atomic E-state index is 0.591. The predicted octanol–water partition coefficient (Wildman–Crippen LogP) is 3.79. The molecule has 0 aliphatic carbocycles. The molecule has 0 aromatic heterocycles. The smallest absolute Gasteiger partial charge is 0.163 e. The highest BCUT2D eigenvalue weighted by Gasteiger charge is 2.14. The Morgan fingerprint density at radius 3 is 2.47 bits per heavy atom. The van der Waals surface area contributed by atoms with E-state index in [0.29, 0.717) is 19.3 Å². The molecule has 1 aliphatic rings. The number of benzene rings is 1. The molecule has 0 saturated carbocycles. The quantitative estimate of drug-likeness (QED) is 0.859. The molecule has 1 aromatic carbocycles. The summed E-state index contributed by atoms with van der Waals surface area (Å²) in [5.41, 5.74) is 1.13. The van der Waals surface area contributed by atoms with E-state index in [9.17, 15) is 0 Å². The van der Waals surface area contributed by atoms with Crippen molar-refractivity contribution >= 4 is 17.4 Å². The van der Waals surface area contributed by atoms with Gasteiger partial charge in [0, 0.05) is 17.8 Å². The van der Waals surface area contributed by atoms with Crippen LogP contribution in [0, 0.1) is 0 Å². The Kier molecular flexibility index (Phi) is 5.70. The van der Waals surface area contributed by atoms with Crippen molar-refractivity contribution in [3.8, 4) is 11.5 Å². The Labute approximate surface area is 120 Å². The van der Waals surface area contributed by atoms with Gasteiger partial charge >= 0.3 is 0 Å². The van der Waals surface area contributed by atoms with Crippen molar-refractivity contribution in [2.45, 2.75) is 32.7 Å². The Morgan fingerprint density at radius 2 is 1.79 bits per heavy atom. The number of thioether (sulfide) groups is 1. The molecule has 0 unspecified atom stereocenters. The second kappa shape index (κ2) is 7.53. The fourth-order valence-corrected chi connectivity index (χ4v) is 3.33. The van der Waals surface area contributed by atoms with Crippen molar-refractivity contribution in [1.29, 1.82) is 0 Å². The van der Waals surface area contributed by atoms with Crippen LogP contribution in [0.4, 0.5) is 5.69 Å². The van der Waals surface area contributed by atoms with Crippen molar-refractivity contribution in [3.05, 3.63) is 18.2 Å². The van der Waals surface area contributed by atoms with Gasteiger partial charge in [0.2, 0.25) is 0 Å². The third-order valence-corrected chi connectivity index (χ3v) is 4.18. The fraction of sp³-hybridized carbons (Fsp3) is 0.600. The first-order chi connectivity index (χ1) is 9.33. The van der Waals surface area contributed by atoms with Crippen LogP contribution >= 0.6 is 11.8 Å². The molecule has 19 heavy (non-hydrogen) atoms. The molecule has 1 fully saturated rings. The Morgan fingerprint density at radius 1 is 1.11 bits per heavy atom. The van der Waals surface area contributed by atoms with E-state index < -0.39 is 0 Å². The minimum Gasteiger partial charge on any atom is -0.490 e. The van der Waals surface area contributed by atoms with E-state index in [2.05, 4.69) is 17.4 Å². The monoisotopic (exact) mass is 281 g/mol. The average molecular weight is 281 g/mol. The van der Waals surface area contributed by atoms with E-state index in [-0.39, 0.29) is 0 Å². The Balaban J connectivity index is 2.05. The third-order valence-electron chi connectivity index (χ3n) is 3.14. The highest BCUT2D eigenvalue weighted by atomic mass is 32.2. The van der Waals surface area contributed by atoms with Crippen LogP contribution in [-0.4, -0.2) is 30.8 Å². The van der Waals surface area contributed by atoms with Crippen LogP contribution in [0.5, 0.6) is 11.5 Å². The molecular weight excluding hydrogens is 258 g/mol. The SMILES string of the molecule is CCOc1ccc(NC2CCSCC2)cc1OCC. The van der Waals surface area contributed by atoms with Gasteiger partial charge in [-0.2, -0.15) is 11.8 Å². The molecule has 1 aliphatic heterocycles. The summed E-state index contributed by atoms with van der Waals surface area (Å²) in [6.45, 7) is 5.30. The lowest BCUT2D eigenvalue weighted by atomic mass is 10.1. The van der Waals surface area contributed by atoms with Crippen LogP contribution in [-0.2, 0) is 0 Å². The van der Waals surface area contributed by atoms with E-state index in [1.54, 1.807) is 0 Å². The lowest BCUT2D eigenvalue weighted by Crippen LogP contribution is -2.24. The summed E-state index contributed by atoms with van der Waals surface area (Å²) >= 11 is 2.04. The van der Waals surface area contributed by atoms with Crippen LogP contribution in [0.25, 0.3) is 0 Å². The summed E-state index contributed by atoms with van der Waals surface area (Å²) in [6, 6.07) is 6.72. The van der Waals surface area contributed by atoms with Gasteiger partial charge in [-0.25, -0.2) is 0 Å². The maximum Gasteiger partial charge on any atom is 0.163 e. The van der Waals surface area contributed by atoms with Crippen molar-refractivity contribution in [1.82, 2.24) is 0 Å². The molecule has 106 valence electrons. The molecule has 0 amide bonds. The van der Waals surface area contributed by atoms with Crippen LogP contribution < -0.4 is 14.8 Å². The minimum atomic E-state index is 0.591. The van der Waals surface area contributed by atoms with Gasteiger partial charge in [0.25, 0.3) is 0 Å². The predicted molar refractivity (Wildman–Crippen MR) is 82.7 cm³/mol. The average Bonchev–Trinajstić information content (AvgIpc) is 2.43. The summed E-state index contributed by atoms with van der Waals surface area (Å²) in [4.78, 5) is 0. The van der Waals surface area contributed by atoms with Crippen molar-refractivity contribution in [2.24, 2.45) is 0 Å². The molecule has 1 N–H and O–H groups in total. The largest absolute Gasteiger partial charge is 0.490 e. The fourth-order valence-electron chi connectivity index (χ4n) is 2.22. The number of anilines is 1. The molecule has 0 spiro atoms. The molecule has 1 heterocycles. The van der Waals surface area contributed by atoms with Crippen LogP contribution in [0.15, 0.2) is 18.2 Å². The van der Waals surface area contributed by atoms with Crippen LogP contribution in [0.2, 0.25) is 0 Å². The van der Waals surface area contributed by atoms with E-state index in [0.717, 1.165) is 17.2 Å². The third kappa shape index (κ3) is 4.23. The maximum absolute atomic E-state index is 5.65.